The van der Waals surface area contributed by atoms with Gasteiger partial charge in [-0.15, -0.1) is 4.36 Å². The topological polar surface area (TPSA) is 134 Å². The zero-order valence-electron chi connectivity index (χ0n) is 17.8. The molecule has 1 aromatic carbocycles. The van der Waals surface area contributed by atoms with Crippen molar-refractivity contribution in [1.29, 1.82) is 0 Å². The summed E-state index contributed by atoms with van der Waals surface area (Å²) in [6.45, 7) is 7.11. The predicted octanol–water partition coefficient (Wildman–Crippen LogP) is 3.85. The summed E-state index contributed by atoms with van der Waals surface area (Å²) in [5.41, 5.74) is -0.712. The number of benzene rings is 1. The molecular formula is C19H28N2O8S. The molecule has 1 amide bonds. The van der Waals surface area contributed by atoms with Crippen LogP contribution in [0.15, 0.2) is 22.6 Å². The first-order valence-electron chi connectivity index (χ1n) is 9.31. The van der Waals surface area contributed by atoms with E-state index >= 15 is 0 Å². The maximum absolute atomic E-state index is 12.7. The van der Waals surface area contributed by atoms with Gasteiger partial charge in [0.2, 0.25) is 0 Å². The lowest BCUT2D eigenvalue weighted by molar-refractivity contribution is -0.385. The lowest BCUT2D eigenvalue weighted by Crippen LogP contribution is -2.22. The summed E-state index contributed by atoms with van der Waals surface area (Å²) in [4.78, 5) is 33.8. The zero-order chi connectivity index (χ0) is 22.9. The van der Waals surface area contributed by atoms with Gasteiger partial charge in [0.1, 0.15) is 11.4 Å². The van der Waals surface area contributed by atoms with Crippen molar-refractivity contribution in [2.75, 3.05) is 19.5 Å². The van der Waals surface area contributed by atoms with E-state index in [0.29, 0.717) is 18.6 Å². The van der Waals surface area contributed by atoms with Crippen LogP contribution in [-0.4, -0.2) is 46.3 Å². The first kappa shape index (κ1) is 25.3. The van der Waals surface area contributed by atoms with Gasteiger partial charge < -0.3 is 14.2 Å². The minimum absolute atomic E-state index is 0.142. The largest absolute Gasteiger partial charge is 0.493 e. The van der Waals surface area contributed by atoms with Crippen molar-refractivity contribution in [3.63, 3.8) is 0 Å². The maximum atomic E-state index is 12.7. The summed E-state index contributed by atoms with van der Waals surface area (Å²) in [5.74, 6) is -0.363. The third kappa shape index (κ3) is 10.2. The Balaban J connectivity index is 2.93. The molecule has 0 unspecified atom stereocenters. The molecule has 0 bridgehead atoms. The first-order chi connectivity index (χ1) is 13.8. The molecule has 30 heavy (non-hydrogen) atoms. The van der Waals surface area contributed by atoms with E-state index in [-0.39, 0.29) is 36.2 Å². The third-order valence-electron chi connectivity index (χ3n) is 3.36. The van der Waals surface area contributed by atoms with E-state index in [0.717, 1.165) is 0 Å². The van der Waals surface area contributed by atoms with Gasteiger partial charge in [0.15, 0.2) is 0 Å². The second-order valence-corrected chi connectivity index (χ2v) is 9.91. The molecule has 0 N–H and O–H groups in total. The number of nitro groups is 1. The van der Waals surface area contributed by atoms with Gasteiger partial charge in [-0.2, -0.15) is 0 Å². The summed E-state index contributed by atoms with van der Waals surface area (Å²) in [6, 6.07) is 3.97. The van der Waals surface area contributed by atoms with E-state index in [1.807, 2.05) is 0 Å². The highest BCUT2D eigenvalue weighted by molar-refractivity contribution is 7.92. The summed E-state index contributed by atoms with van der Waals surface area (Å²) in [6.07, 6.45) is 0.842. The van der Waals surface area contributed by atoms with Gasteiger partial charge in [0, 0.05) is 18.7 Å². The van der Waals surface area contributed by atoms with Crippen molar-refractivity contribution in [1.82, 2.24) is 0 Å². The molecule has 1 aromatic rings. The molecule has 1 rings (SSSR count). The molecule has 0 spiro atoms. The molecular weight excluding hydrogens is 416 g/mol. The quantitative estimate of drug-likeness (QED) is 0.243. The fourth-order valence-electron chi connectivity index (χ4n) is 2.33. The lowest BCUT2D eigenvalue weighted by atomic mass is 10.2. The van der Waals surface area contributed by atoms with E-state index in [9.17, 15) is 23.9 Å². The molecule has 0 aliphatic carbocycles. The highest BCUT2D eigenvalue weighted by Crippen LogP contribution is 2.25. The molecule has 0 aliphatic rings. The molecule has 0 saturated carbocycles. The third-order valence-corrected chi connectivity index (χ3v) is 4.76. The fraction of sp³-hybridized carbons (Fsp3) is 0.579. The van der Waals surface area contributed by atoms with Crippen LogP contribution < -0.4 is 4.74 Å². The molecule has 10 nitrogen and oxygen atoms in total. The number of carbonyl (C=O) groups excluding carboxylic acids is 2. The summed E-state index contributed by atoms with van der Waals surface area (Å²) in [5, 5.41) is 11.2. The van der Waals surface area contributed by atoms with Gasteiger partial charge in [0.25, 0.3) is 5.69 Å². The van der Waals surface area contributed by atoms with Crippen LogP contribution in [0.1, 0.15) is 46.1 Å². The number of ether oxygens (including phenoxy) is 3. The van der Waals surface area contributed by atoms with Gasteiger partial charge >= 0.3 is 12.1 Å². The van der Waals surface area contributed by atoms with Crippen molar-refractivity contribution < 1.29 is 32.9 Å². The Bertz CT molecular complexity index is 898. The van der Waals surface area contributed by atoms with Crippen LogP contribution in [0.4, 0.5) is 10.5 Å². The lowest BCUT2D eigenvalue weighted by Gasteiger charge is -2.17. The summed E-state index contributed by atoms with van der Waals surface area (Å²) < 4.78 is 31.7. The van der Waals surface area contributed by atoms with Crippen LogP contribution in [0.2, 0.25) is 0 Å². The van der Waals surface area contributed by atoms with E-state index in [1.165, 1.54) is 24.5 Å². The van der Waals surface area contributed by atoms with E-state index in [2.05, 4.69) is 4.36 Å². The molecule has 0 fully saturated rings. The van der Waals surface area contributed by atoms with Crippen LogP contribution in [-0.2, 0) is 29.8 Å². The number of carbonyl (C=O) groups is 2. The van der Waals surface area contributed by atoms with Crippen LogP contribution in [0.5, 0.6) is 5.75 Å². The standard InChI is InChI=1S/C19H28N2O8S/c1-6-27-17(22)8-7-9-28-16-11-14(10-15(12-16)21(24)25)13-30(5,26)20-18(23)29-19(2,3)4/h10-12H,6-9,13H2,1-5H3/t30-/m1/s1. The Morgan fingerprint density at radius 2 is 1.90 bits per heavy atom. The van der Waals surface area contributed by atoms with E-state index in [1.54, 1.807) is 27.7 Å². The number of non-ortho nitro benzene ring substituents is 1. The average Bonchev–Trinajstić information content (AvgIpc) is 2.55. The number of hydrogen-bond donors (Lipinski definition) is 0. The second-order valence-electron chi connectivity index (χ2n) is 7.52. The number of hydrogen-bond acceptors (Lipinski definition) is 8. The number of amides is 1. The molecule has 168 valence electrons. The van der Waals surface area contributed by atoms with Crippen molar-refractivity contribution in [2.24, 2.45) is 4.36 Å². The van der Waals surface area contributed by atoms with Crippen molar-refractivity contribution >= 4 is 27.5 Å². The number of rotatable bonds is 9. The molecule has 0 aromatic heterocycles. The van der Waals surface area contributed by atoms with Crippen LogP contribution in [0, 0.1) is 10.1 Å². The molecule has 0 aliphatic heterocycles. The number of esters is 1. The SMILES string of the molecule is CCOC(=O)CCCOc1cc(C[S@@](C)(=O)=NC(=O)OC(C)(C)C)cc([N+](=O)[O-])c1. The smallest absolute Gasteiger partial charge is 0.442 e. The van der Waals surface area contributed by atoms with Crippen molar-refractivity contribution in [3.05, 3.63) is 33.9 Å². The highest BCUT2D eigenvalue weighted by Gasteiger charge is 2.19. The maximum Gasteiger partial charge on any atom is 0.442 e. The van der Waals surface area contributed by atoms with Gasteiger partial charge in [0.05, 0.1) is 39.7 Å². The first-order valence-corrected chi connectivity index (χ1v) is 11.4. The predicted molar refractivity (Wildman–Crippen MR) is 111 cm³/mol. The molecule has 0 radical (unpaired) electrons. The van der Waals surface area contributed by atoms with Crippen molar-refractivity contribution in [3.8, 4) is 5.75 Å². The van der Waals surface area contributed by atoms with E-state index in [4.69, 9.17) is 14.2 Å². The van der Waals surface area contributed by atoms with Gasteiger partial charge in [-0.25, -0.2) is 9.00 Å². The average molecular weight is 445 g/mol. The molecule has 0 heterocycles. The molecule has 1 atom stereocenters. The normalized spacial score (nSPS) is 13.1. The Morgan fingerprint density at radius 1 is 1.23 bits per heavy atom. The Hall–Kier alpha value is -2.69. The number of nitrogens with zero attached hydrogens (tertiary/aromatic N) is 2. The Morgan fingerprint density at radius 3 is 2.47 bits per heavy atom. The second kappa shape index (κ2) is 10.9. The van der Waals surface area contributed by atoms with Gasteiger partial charge in [-0.1, -0.05) is 0 Å². The molecule has 0 saturated heterocycles. The number of nitro benzene ring substituents is 1. The Labute approximate surface area is 176 Å². The Kier molecular flexibility index (Phi) is 9.22. The van der Waals surface area contributed by atoms with Crippen LogP contribution >= 0.6 is 0 Å². The van der Waals surface area contributed by atoms with Crippen LogP contribution in [0.25, 0.3) is 0 Å². The minimum Gasteiger partial charge on any atom is -0.493 e. The summed E-state index contributed by atoms with van der Waals surface area (Å²) >= 11 is 0. The van der Waals surface area contributed by atoms with Crippen molar-refractivity contribution in [2.45, 2.75) is 51.9 Å². The summed E-state index contributed by atoms with van der Waals surface area (Å²) in [7, 11) is -3.05. The fourth-order valence-corrected chi connectivity index (χ4v) is 3.54. The zero-order valence-corrected chi connectivity index (χ0v) is 18.7. The van der Waals surface area contributed by atoms with Gasteiger partial charge in [-0.05, 0) is 45.7 Å². The molecule has 11 heteroatoms. The van der Waals surface area contributed by atoms with Gasteiger partial charge in [-0.3, -0.25) is 14.9 Å². The minimum atomic E-state index is -3.05. The van der Waals surface area contributed by atoms with E-state index < -0.39 is 26.3 Å². The van der Waals surface area contributed by atoms with Crippen LogP contribution in [0.3, 0.4) is 0 Å². The monoisotopic (exact) mass is 444 g/mol. The highest BCUT2D eigenvalue weighted by atomic mass is 32.2.